The number of carbonyl (C=O) groups excluding carboxylic acids is 2. The predicted molar refractivity (Wildman–Crippen MR) is 89.8 cm³/mol. The first-order chi connectivity index (χ1) is 11.5. The third-order valence-electron chi connectivity index (χ3n) is 5.23. The van der Waals surface area contributed by atoms with Crippen LogP contribution in [0.25, 0.3) is 0 Å². The van der Waals surface area contributed by atoms with Gasteiger partial charge in [0, 0.05) is 32.1 Å². The molecule has 2 aliphatic rings. The van der Waals surface area contributed by atoms with Crippen molar-refractivity contribution in [2.24, 2.45) is 5.92 Å². The van der Waals surface area contributed by atoms with Gasteiger partial charge in [0.15, 0.2) is 0 Å². The fraction of sp³-hybridized carbons (Fsp3) is 0.579. The third-order valence-corrected chi connectivity index (χ3v) is 5.23. The molecule has 24 heavy (non-hydrogen) atoms. The van der Waals surface area contributed by atoms with E-state index in [-0.39, 0.29) is 29.6 Å². The summed E-state index contributed by atoms with van der Waals surface area (Å²) in [7, 11) is 0. The summed E-state index contributed by atoms with van der Waals surface area (Å²) in [6.45, 7) is 4.02. The number of piperidine rings is 1. The van der Waals surface area contributed by atoms with Gasteiger partial charge >= 0.3 is 0 Å². The molecule has 1 aromatic carbocycles. The highest BCUT2D eigenvalue weighted by atomic mass is 19.1. The molecular weight excluding hydrogens is 307 g/mol. The normalized spacial score (nSPS) is 24.5. The summed E-state index contributed by atoms with van der Waals surface area (Å²) < 4.78 is 12.9. The molecule has 0 unspecified atom stereocenters. The zero-order chi connectivity index (χ0) is 17.1. The van der Waals surface area contributed by atoms with Crippen molar-refractivity contribution >= 4 is 11.8 Å². The van der Waals surface area contributed by atoms with Crippen molar-refractivity contribution in [2.75, 3.05) is 19.6 Å². The van der Waals surface area contributed by atoms with E-state index in [1.54, 1.807) is 17.0 Å². The Morgan fingerprint density at radius 3 is 2.71 bits per heavy atom. The van der Waals surface area contributed by atoms with E-state index in [9.17, 15) is 14.0 Å². The molecular formula is C19H25FN2O2. The fourth-order valence-electron chi connectivity index (χ4n) is 3.73. The molecule has 1 aromatic rings. The first-order valence-electron chi connectivity index (χ1n) is 8.87. The summed E-state index contributed by atoms with van der Waals surface area (Å²) in [4.78, 5) is 28.7. The molecule has 0 saturated carbocycles. The van der Waals surface area contributed by atoms with E-state index in [2.05, 4.69) is 6.92 Å². The topological polar surface area (TPSA) is 40.6 Å². The minimum atomic E-state index is -0.252. The summed E-state index contributed by atoms with van der Waals surface area (Å²) >= 11 is 0. The highest BCUT2D eigenvalue weighted by Crippen LogP contribution is 2.25. The fourth-order valence-corrected chi connectivity index (χ4v) is 3.73. The van der Waals surface area contributed by atoms with Gasteiger partial charge in [-0.05, 0) is 50.3 Å². The maximum absolute atomic E-state index is 12.9. The molecule has 2 aliphatic heterocycles. The molecule has 0 aliphatic carbocycles. The lowest BCUT2D eigenvalue weighted by atomic mass is 9.99. The Balaban J connectivity index is 1.55. The standard InChI is InChI=1S/C19H25FN2O2/c1-14-4-2-3-10-22(14)19(24)16-12-18(23)21(13-16)11-9-15-5-7-17(20)8-6-15/h5-8,14,16H,2-4,9-13H2,1H3/t14-,16+/m1/s1. The van der Waals surface area contributed by atoms with Crippen LogP contribution >= 0.6 is 0 Å². The van der Waals surface area contributed by atoms with Crippen LogP contribution in [0.4, 0.5) is 4.39 Å². The Morgan fingerprint density at radius 1 is 1.25 bits per heavy atom. The largest absolute Gasteiger partial charge is 0.342 e. The number of likely N-dealkylation sites (tertiary alicyclic amines) is 2. The number of carbonyl (C=O) groups is 2. The number of nitrogens with zero attached hydrogens (tertiary/aromatic N) is 2. The van der Waals surface area contributed by atoms with Gasteiger partial charge in [-0.3, -0.25) is 9.59 Å². The molecule has 0 radical (unpaired) electrons. The first-order valence-corrected chi connectivity index (χ1v) is 8.87. The molecule has 0 aromatic heterocycles. The number of halogens is 1. The SMILES string of the molecule is C[C@@H]1CCCCN1C(=O)[C@H]1CC(=O)N(CCc2ccc(F)cc2)C1. The lowest BCUT2D eigenvalue weighted by Crippen LogP contribution is -2.45. The molecule has 130 valence electrons. The molecule has 2 atom stereocenters. The first kappa shape index (κ1) is 16.9. The minimum absolute atomic E-state index is 0.0557. The summed E-state index contributed by atoms with van der Waals surface area (Å²) in [6, 6.07) is 6.65. The zero-order valence-corrected chi connectivity index (χ0v) is 14.2. The summed E-state index contributed by atoms with van der Waals surface area (Å²) in [5, 5.41) is 0. The molecule has 5 heteroatoms. The van der Waals surface area contributed by atoms with Gasteiger partial charge in [0.1, 0.15) is 5.82 Å². The van der Waals surface area contributed by atoms with E-state index in [0.29, 0.717) is 25.9 Å². The number of amides is 2. The number of hydrogen-bond donors (Lipinski definition) is 0. The Kier molecular flexibility index (Phi) is 5.17. The highest BCUT2D eigenvalue weighted by molar-refractivity contribution is 5.89. The van der Waals surface area contributed by atoms with Crippen LogP contribution in [0.2, 0.25) is 0 Å². The molecule has 4 nitrogen and oxygen atoms in total. The number of benzene rings is 1. The number of rotatable bonds is 4. The zero-order valence-electron chi connectivity index (χ0n) is 14.2. The van der Waals surface area contributed by atoms with Crippen LogP contribution in [0.5, 0.6) is 0 Å². The van der Waals surface area contributed by atoms with Gasteiger partial charge in [0.05, 0.1) is 5.92 Å². The Labute approximate surface area is 142 Å². The predicted octanol–water partition coefficient (Wildman–Crippen LogP) is 2.62. The summed E-state index contributed by atoms with van der Waals surface area (Å²) in [6.07, 6.45) is 4.31. The Hall–Kier alpha value is -1.91. The van der Waals surface area contributed by atoms with E-state index < -0.39 is 0 Å². The van der Waals surface area contributed by atoms with Gasteiger partial charge in [0.25, 0.3) is 0 Å². The highest BCUT2D eigenvalue weighted by Gasteiger charge is 2.37. The van der Waals surface area contributed by atoms with Gasteiger partial charge in [-0.2, -0.15) is 0 Å². The van der Waals surface area contributed by atoms with Gasteiger partial charge in [-0.25, -0.2) is 4.39 Å². The van der Waals surface area contributed by atoms with Crippen molar-refractivity contribution in [2.45, 2.75) is 45.1 Å². The van der Waals surface area contributed by atoms with Crippen LogP contribution in [0.15, 0.2) is 24.3 Å². The van der Waals surface area contributed by atoms with E-state index in [4.69, 9.17) is 0 Å². The molecule has 2 fully saturated rings. The van der Waals surface area contributed by atoms with Crippen LogP contribution in [0.1, 0.15) is 38.2 Å². The second-order valence-corrected chi connectivity index (χ2v) is 6.99. The average molecular weight is 332 g/mol. The molecule has 2 heterocycles. The van der Waals surface area contributed by atoms with Crippen LogP contribution < -0.4 is 0 Å². The lowest BCUT2D eigenvalue weighted by molar-refractivity contribution is -0.139. The van der Waals surface area contributed by atoms with Crippen LogP contribution in [0.3, 0.4) is 0 Å². The van der Waals surface area contributed by atoms with E-state index in [1.807, 2.05) is 4.90 Å². The van der Waals surface area contributed by atoms with E-state index in [1.165, 1.54) is 18.6 Å². The van der Waals surface area contributed by atoms with Crippen LogP contribution in [-0.4, -0.2) is 47.3 Å². The maximum Gasteiger partial charge on any atom is 0.228 e. The van der Waals surface area contributed by atoms with Gasteiger partial charge < -0.3 is 9.80 Å². The Morgan fingerprint density at radius 2 is 2.00 bits per heavy atom. The second kappa shape index (κ2) is 7.32. The van der Waals surface area contributed by atoms with E-state index in [0.717, 1.165) is 24.9 Å². The van der Waals surface area contributed by atoms with Crippen molar-refractivity contribution < 1.29 is 14.0 Å². The van der Waals surface area contributed by atoms with Crippen molar-refractivity contribution in [1.29, 1.82) is 0 Å². The molecule has 0 spiro atoms. The molecule has 2 saturated heterocycles. The molecule has 3 rings (SSSR count). The summed E-state index contributed by atoms with van der Waals surface area (Å²) in [5.74, 6) is -0.261. The van der Waals surface area contributed by atoms with Crippen molar-refractivity contribution in [3.05, 3.63) is 35.6 Å². The monoisotopic (exact) mass is 332 g/mol. The smallest absolute Gasteiger partial charge is 0.228 e. The van der Waals surface area contributed by atoms with Gasteiger partial charge in [-0.15, -0.1) is 0 Å². The third kappa shape index (κ3) is 3.77. The van der Waals surface area contributed by atoms with Crippen LogP contribution in [0, 0.1) is 11.7 Å². The van der Waals surface area contributed by atoms with Gasteiger partial charge in [-0.1, -0.05) is 12.1 Å². The summed E-state index contributed by atoms with van der Waals surface area (Å²) in [5.41, 5.74) is 1.00. The average Bonchev–Trinajstić information content (AvgIpc) is 2.95. The molecule has 2 amide bonds. The Bertz CT molecular complexity index is 602. The van der Waals surface area contributed by atoms with Crippen molar-refractivity contribution in [1.82, 2.24) is 9.80 Å². The quantitative estimate of drug-likeness (QED) is 0.850. The minimum Gasteiger partial charge on any atom is -0.342 e. The van der Waals surface area contributed by atoms with Crippen molar-refractivity contribution in [3.63, 3.8) is 0 Å². The van der Waals surface area contributed by atoms with E-state index >= 15 is 0 Å². The van der Waals surface area contributed by atoms with Crippen molar-refractivity contribution in [3.8, 4) is 0 Å². The number of hydrogen-bond acceptors (Lipinski definition) is 2. The maximum atomic E-state index is 12.9. The van der Waals surface area contributed by atoms with Gasteiger partial charge in [0.2, 0.25) is 11.8 Å². The second-order valence-electron chi connectivity index (χ2n) is 6.99. The lowest BCUT2D eigenvalue weighted by Gasteiger charge is -2.35. The van der Waals surface area contributed by atoms with Crippen LogP contribution in [-0.2, 0) is 16.0 Å². The molecule has 0 bridgehead atoms. The molecule has 0 N–H and O–H groups in total.